The summed E-state index contributed by atoms with van der Waals surface area (Å²) in [7, 11) is 0. The number of benzene rings is 1. The Morgan fingerprint density at radius 3 is 2.29 bits per heavy atom. The molecular formula is C18H16N4O2. The molecular weight excluding hydrogens is 304 g/mol. The molecule has 0 aliphatic heterocycles. The molecule has 0 aliphatic carbocycles. The maximum Gasteiger partial charge on any atom is 0.335 e. The molecule has 0 spiro atoms. The van der Waals surface area contributed by atoms with E-state index in [1.54, 1.807) is 36.7 Å². The first-order valence-electron chi connectivity index (χ1n) is 7.40. The highest BCUT2D eigenvalue weighted by Gasteiger charge is 2.10. The lowest BCUT2D eigenvalue weighted by atomic mass is 10.2. The predicted molar refractivity (Wildman–Crippen MR) is 91.4 cm³/mol. The second-order valence-electron chi connectivity index (χ2n) is 5.35. The third kappa shape index (κ3) is 3.22. The summed E-state index contributed by atoms with van der Waals surface area (Å²) < 4.78 is 0. The maximum atomic E-state index is 10.9. The van der Waals surface area contributed by atoms with Crippen LogP contribution in [0.1, 0.15) is 21.6 Å². The van der Waals surface area contributed by atoms with Gasteiger partial charge in [0.1, 0.15) is 5.82 Å². The molecule has 0 amide bonds. The Bertz CT molecular complexity index is 878. The molecule has 0 unspecified atom stereocenters. The van der Waals surface area contributed by atoms with Crippen molar-refractivity contribution >= 4 is 17.5 Å². The van der Waals surface area contributed by atoms with Crippen molar-refractivity contribution < 1.29 is 9.90 Å². The fourth-order valence-electron chi connectivity index (χ4n) is 2.21. The molecule has 24 heavy (non-hydrogen) atoms. The van der Waals surface area contributed by atoms with Crippen LogP contribution in [0.25, 0.3) is 11.4 Å². The summed E-state index contributed by atoms with van der Waals surface area (Å²) in [6.07, 6.45) is 3.40. The summed E-state index contributed by atoms with van der Waals surface area (Å²) in [6, 6.07) is 10.2. The number of aryl methyl sites for hydroxylation is 1. The van der Waals surface area contributed by atoms with Crippen molar-refractivity contribution in [1.82, 2.24) is 15.0 Å². The lowest BCUT2D eigenvalue weighted by molar-refractivity contribution is 0.0697. The standard InChI is InChI=1S/C18H16N4O2/c1-11-12(2)20-17(13-7-9-19-10-8-13)22-16(11)21-15-5-3-14(4-6-15)18(23)24/h3-10H,1-2H3,(H,23,24)(H,20,21,22). The van der Waals surface area contributed by atoms with Crippen LogP contribution in [-0.2, 0) is 0 Å². The van der Waals surface area contributed by atoms with E-state index in [0.29, 0.717) is 11.6 Å². The Kier molecular flexibility index (Phi) is 4.20. The van der Waals surface area contributed by atoms with Crippen molar-refractivity contribution in [3.05, 3.63) is 65.6 Å². The Morgan fingerprint density at radius 2 is 1.67 bits per heavy atom. The van der Waals surface area contributed by atoms with Crippen molar-refractivity contribution in [2.45, 2.75) is 13.8 Å². The molecule has 6 heteroatoms. The molecule has 2 N–H and O–H groups in total. The van der Waals surface area contributed by atoms with Crippen LogP contribution in [-0.4, -0.2) is 26.0 Å². The highest BCUT2D eigenvalue weighted by Crippen LogP contribution is 2.24. The molecule has 6 nitrogen and oxygen atoms in total. The molecule has 0 atom stereocenters. The predicted octanol–water partition coefficient (Wildman–Crippen LogP) is 3.60. The molecule has 2 heterocycles. The summed E-state index contributed by atoms with van der Waals surface area (Å²) in [6.45, 7) is 3.88. The van der Waals surface area contributed by atoms with Crippen LogP contribution < -0.4 is 5.32 Å². The highest BCUT2D eigenvalue weighted by molar-refractivity contribution is 5.88. The van der Waals surface area contributed by atoms with Gasteiger partial charge in [0.2, 0.25) is 0 Å². The molecule has 3 rings (SSSR count). The summed E-state index contributed by atoms with van der Waals surface area (Å²) in [5, 5.41) is 12.2. The Labute approximate surface area is 139 Å². The minimum atomic E-state index is -0.949. The zero-order valence-electron chi connectivity index (χ0n) is 13.3. The Hall–Kier alpha value is -3.28. The first-order chi connectivity index (χ1) is 11.5. The zero-order valence-corrected chi connectivity index (χ0v) is 13.3. The van der Waals surface area contributed by atoms with Crippen molar-refractivity contribution in [3.63, 3.8) is 0 Å². The van der Waals surface area contributed by atoms with E-state index >= 15 is 0 Å². The first-order valence-corrected chi connectivity index (χ1v) is 7.40. The van der Waals surface area contributed by atoms with E-state index in [0.717, 1.165) is 22.5 Å². The van der Waals surface area contributed by atoms with Crippen molar-refractivity contribution in [3.8, 4) is 11.4 Å². The molecule has 0 radical (unpaired) electrons. The fraction of sp³-hybridized carbons (Fsp3) is 0.111. The van der Waals surface area contributed by atoms with Crippen molar-refractivity contribution in [2.24, 2.45) is 0 Å². The molecule has 1 aromatic carbocycles. The second kappa shape index (κ2) is 6.45. The smallest absolute Gasteiger partial charge is 0.335 e. The third-order valence-electron chi connectivity index (χ3n) is 3.72. The minimum Gasteiger partial charge on any atom is -0.478 e. The first kappa shape index (κ1) is 15.6. The monoisotopic (exact) mass is 320 g/mol. The number of nitrogens with one attached hydrogen (secondary N) is 1. The largest absolute Gasteiger partial charge is 0.478 e. The van der Waals surface area contributed by atoms with Gasteiger partial charge in [0.15, 0.2) is 5.82 Å². The quantitative estimate of drug-likeness (QED) is 0.763. The number of pyridine rings is 1. The topological polar surface area (TPSA) is 88.0 Å². The molecule has 0 saturated carbocycles. The van der Waals surface area contributed by atoms with E-state index in [1.165, 1.54) is 0 Å². The number of hydrogen-bond acceptors (Lipinski definition) is 5. The van der Waals surface area contributed by atoms with Crippen molar-refractivity contribution in [1.29, 1.82) is 0 Å². The van der Waals surface area contributed by atoms with Gasteiger partial charge in [-0.3, -0.25) is 4.98 Å². The highest BCUT2D eigenvalue weighted by atomic mass is 16.4. The molecule has 120 valence electrons. The van der Waals surface area contributed by atoms with Gasteiger partial charge in [-0.15, -0.1) is 0 Å². The number of anilines is 2. The molecule has 3 aromatic rings. The third-order valence-corrected chi connectivity index (χ3v) is 3.72. The van der Waals surface area contributed by atoms with Gasteiger partial charge in [-0.1, -0.05) is 0 Å². The van der Waals surface area contributed by atoms with Crippen LogP contribution in [0.3, 0.4) is 0 Å². The minimum absolute atomic E-state index is 0.244. The molecule has 2 aromatic heterocycles. The van der Waals surface area contributed by atoms with Gasteiger partial charge in [-0.25, -0.2) is 14.8 Å². The molecule has 0 aliphatic rings. The maximum absolute atomic E-state index is 10.9. The summed E-state index contributed by atoms with van der Waals surface area (Å²) in [5.74, 6) is 0.359. The number of carboxylic acids is 1. The lowest BCUT2D eigenvalue weighted by Gasteiger charge is -2.12. The van der Waals surface area contributed by atoms with Crippen LogP contribution >= 0.6 is 0 Å². The van der Waals surface area contributed by atoms with Gasteiger partial charge in [0.25, 0.3) is 0 Å². The number of nitrogens with zero attached hydrogens (tertiary/aromatic N) is 3. The number of aromatic nitrogens is 3. The molecule has 0 fully saturated rings. The van der Waals surface area contributed by atoms with Crippen LogP contribution in [0.2, 0.25) is 0 Å². The lowest BCUT2D eigenvalue weighted by Crippen LogP contribution is -2.03. The number of aromatic carboxylic acids is 1. The average Bonchev–Trinajstić information content (AvgIpc) is 2.60. The van der Waals surface area contributed by atoms with Gasteiger partial charge >= 0.3 is 5.97 Å². The zero-order chi connectivity index (χ0) is 17.1. The fourth-order valence-corrected chi connectivity index (χ4v) is 2.21. The SMILES string of the molecule is Cc1nc(-c2ccncc2)nc(Nc2ccc(C(=O)O)cc2)c1C. The number of carbonyl (C=O) groups is 1. The van der Waals surface area contributed by atoms with E-state index in [2.05, 4.69) is 20.3 Å². The van der Waals surface area contributed by atoms with Gasteiger partial charge in [-0.2, -0.15) is 0 Å². The van der Waals surface area contributed by atoms with Crippen LogP contribution in [0.4, 0.5) is 11.5 Å². The Balaban J connectivity index is 1.95. The van der Waals surface area contributed by atoms with E-state index in [9.17, 15) is 4.79 Å². The van der Waals surface area contributed by atoms with Crippen LogP contribution in [0.15, 0.2) is 48.8 Å². The van der Waals surface area contributed by atoms with Gasteiger partial charge in [0.05, 0.1) is 5.56 Å². The Morgan fingerprint density at radius 1 is 1.00 bits per heavy atom. The normalized spacial score (nSPS) is 10.4. The van der Waals surface area contributed by atoms with Gasteiger partial charge in [0, 0.05) is 34.9 Å². The second-order valence-corrected chi connectivity index (χ2v) is 5.35. The van der Waals surface area contributed by atoms with Gasteiger partial charge in [-0.05, 0) is 50.2 Å². The van der Waals surface area contributed by atoms with E-state index in [4.69, 9.17) is 5.11 Å². The van der Waals surface area contributed by atoms with E-state index in [-0.39, 0.29) is 5.56 Å². The molecule has 0 saturated heterocycles. The summed E-state index contributed by atoms with van der Waals surface area (Å²) >= 11 is 0. The molecule has 0 bridgehead atoms. The number of rotatable bonds is 4. The van der Waals surface area contributed by atoms with Crippen LogP contribution in [0.5, 0.6) is 0 Å². The average molecular weight is 320 g/mol. The van der Waals surface area contributed by atoms with Gasteiger partial charge < -0.3 is 10.4 Å². The number of hydrogen-bond donors (Lipinski definition) is 2. The van der Waals surface area contributed by atoms with Crippen LogP contribution in [0, 0.1) is 13.8 Å². The van der Waals surface area contributed by atoms with E-state index in [1.807, 2.05) is 26.0 Å². The van der Waals surface area contributed by atoms with E-state index < -0.39 is 5.97 Å². The summed E-state index contributed by atoms with van der Waals surface area (Å²) in [4.78, 5) is 24.0. The van der Waals surface area contributed by atoms with Crippen molar-refractivity contribution in [2.75, 3.05) is 5.32 Å². The number of carboxylic acid groups (broad SMARTS) is 1. The summed E-state index contributed by atoms with van der Waals surface area (Å²) in [5.41, 5.74) is 3.71.